The molecule has 0 saturated carbocycles. The number of benzene rings is 7. The van der Waals surface area contributed by atoms with Crippen LogP contribution in [0.5, 0.6) is 0 Å². The first-order valence-corrected chi connectivity index (χ1v) is 16.0. The molecule has 0 unspecified atom stereocenters. The molecule has 4 heteroatoms. The average molecular weight is 594 g/mol. The van der Waals surface area contributed by atoms with Crippen LogP contribution in [0.15, 0.2) is 174 Å². The van der Waals surface area contributed by atoms with Crippen molar-refractivity contribution in [2.45, 2.75) is 9.79 Å². The molecule has 0 radical (unpaired) electrons. The van der Waals surface area contributed by atoms with Crippen LogP contribution < -0.4 is 4.90 Å². The average Bonchev–Trinajstić information content (AvgIpc) is 3.50. The minimum Gasteiger partial charge on any atom is -0.308 e. The second-order valence-corrected chi connectivity index (χ2v) is 12.3. The van der Waals surface area contributed by atoms with Crippen LogP contribution in [-0.2, 0) is 0 Å². The lowest BCUT2D eigenvalue weighted by atomic mass is 9.98. The van der Waals surface area contributed by atoms with Gasteiger partial charge in [-0.2, -0.15) is 0 Å². The number of nitrogens with zero attached hydrogens (tertiary/aromatic N) is 3. The van der Waals surface area contributed by atoms with Crippen LogP contribution in [-0.4, -0.2) is 9.55 Å². The minimum absolute atomic E-state index is 0.933. The van der Waals surface area contributed by atoms with Crippen molar-refractivity contribution < 1.29 is 0 Å². The van der Waals surface area contributed by atoms with Crippen molar-refractivity contribution in [2.24, 2.45) is 0 Å². The Morgan fingerprint density at radius 3 is 2.11 bits per heavy atom. The van der Waals surface area contributed by atoms with Crippen LogP contribution >= 0.6 is 11.8 Å². The fraction of sp³-hybridized carbons (Fsp3) is 0. The third-order valence-electron chi connectivity index (χ3n) is 8.59. The first-order valence-electron chi connectivity index (χ1n) is 15.1. The summed E-state index contributed by atoms with van der Waals surface area (Å²) in [6.07, 6.45) is 0. The highest BCUT2D eigenvalue weighted by Gasteiger charge is 2.26. The maximum Gasteiger partial charge on any atom is 0.145 e. The number of hydrogen-bond acceptors (Lipinski definition) is 3. The molecule has 3 nitrogen and oxygen atoms in total. The van der Waals surface area contributed by atoms with Crippen molar-refractivity contribution in [3.05, 3.63) is 164 Å². The van der Waals surface area contributed by atoms with E-state index in [1.165, 1.54) is 43.1 Å². The summed E-state index contributed by atoms with van der Waals surface area (Å²) < 4.78 is 2.29. The summed E-state index contributed by atoms with van der Waals surface area (Å²) in [5.41, 5.74) is 10.2. The van der Waals surface area contributed by atoms with Crippen molar-refractivity contribution in [1.82, 2.24) is 9.55 Å². The Morgan fingerprint density at radius 1 is 0.489 bits per heavy atom. The zero-order valence-electron chi connectivity index (χ0n) is 24.3. The summed E-state index contributed by atoms with van der Waals surface area (Å²) in [4.78, 5) is 10.0. The molecule has 212 valence electrons. The first-order chi connectivity index (χ1) is 22.3. The van der Waals surface area contributed by atoms with Gasteiger partial charge < -0.3 is 4.90 Å². The van der Waals surface area contributed by atoms with E-state index >= 15 is 0 Å². The molecular weight excluding hydrogens is 567 g/mol. The molecule has 45 heavy (non-hydrogen) atoms. The van der Waals surface area contributed by atoms with Crippen LogP contribution in [0.1, 0.15) is 0 Å². The van der Waals surface area contributed by atoms with E-state index in [0.717, 1.165) is 33.8 Å². The maximum absolute atomic E-state index is 5.19. The molecule has 1 aromatic heterocycles. The van der Waals surface area contributed by atoms with Crippen molar-refractivity contribution >= 4 is 50.6 Å². The fourth-order valence-electron chi connectivity index (χ4n) is 6.50. The zero-order valence-corrected chi connectivity index (χ0v) is 25.2. The normalized spacial score (nSPS) is 12.3. The van der Waals surface area contributed by atoms with Gasteiger partial charge in [0.25, 0.3) is 0 Å². The molecule has 0 atom stereocenters. The molecule has 0 fully saturated rings. The van der Waals surface area contributed by atoms with Gasteiger partial charge in [-0.25, -0.2) is 4.98 Å². The van der Waals surface area contributed by atoms with Gasteiger partial charge in [0.15, 0.2) is 0 Å². The molecule has 0 N–H and O–H groups in total. The van der Waals surface area contributed by atoms with Crippen molar-refractivity contribution in [1.29, 1.82) is 0 Å². The lowest BCUT2D eigenvalue weighted by Crippen LogP contribution is -2.14. The fourth-order valence-corrected chi connectivity index (χ4v) is 7.60. The number of rotatable bonds is 4. The molecule has 0 spiro atoms. The summed E-state index contributed by atoms with van der Waals surface area (Å²) in [6.45, 7) is 0. The largest absolute Gasteiger partial charge is 0.308 e. The van der Waals surface area contributed by atoms with Crippen LogP contribution in [0.4, 0.5) is 17.1 Å². The van der Waals surface area contributed by atoms with E-state index in [4.69, 9.17) is 4.98 Å². The summed E-state index contributed by atoms with van der Waals surface area (Å²) in [5.74, 6) is 0.933. The Balaban J connectivity index is 1.17. The Bertz CT molecular complexity index is 2350. The van der Waals surface area contributed by atoms with E-state index in [9.17, 15) is 0 Å². The van der Waals surface area contributed by atoms with Crippen LogP contribution in [0.25, 0.3) is 50.0 Å². The zero-order chi connectivity index (χ0) is 29.7. The van der Waals surface area contributed by atoms with Gasteiger partial charge in [0.1, 0.15) is 5.82 Å². The van der Waals surface area contributed by atoms with Gasteiger partial charge in [-0.05, 0) is 88.6 Å². The van der Waals surface area contributed by atoms with Crippen LogP contribution in [0, 0.1) is 0 Å². The highest BCUT2D eigenvalue weighted by atomic mass is 32.2. The Labute approximate surface area is 266 Å². The van der Waals surface area contributed by atoms with E-state index < -0.39 is 0 Å². The SMILES string of the molecule is c1ccc(N2c3ccccc3Sc3cc(-c4nc5ccccc5n4-c4ccc(-c5cccc6ccccc56)cc4)ccc32)cc1. The number of anilines is 3. The highest BCUT2D eigenvalue weighted by Crippen LogP contribution is 2.52. The topological polar surface area (TPSA) is 21.1 Å². The number of imidazole rings is 1. The molecule has 1 aliphatic heterocycles. The van der Waals surface area contributed by atoms with Crippen LogP contribution in [0.2, 0.25) is 0 Å². The van der Waals surface area contributed by atoms with Gasteiger partial charge in [0, 0.05) is 26.7 Å². The molecule has 8 aromatic rings. The first kappa shape index (κ1) is 25.9. The number of hydrogen-bond donors (Lipinski definition) is 0. The highest BCUT2D eigenvalue weighted by molar-refractivity contribution is 7.99. The van der Waals surface area contributed by atoms with E-state index in [1.807, 2.05) is 11.8 Å². The second kappa shape index (κ2) is 10.5. The van der Waals surface area contributed by atoms with Crippen molar-refractivity contribution in [2.75, 3.05) is 4.90 Å². The van der Waals surface area contributed by atoms with Gasteiger partial charge in [-0.1, -0.05) is 109 Å². The second-order valence-electron chi connectivity index (χ2n) is 11.3. The molecule has 7 aromatic carbocycles. The summed E-state index contributed by atoms with van der Waals surface area (Å²) in [7, 11) is 0. The molecule has 0 saturated heterocycles. The predicted octanol–water partition coefficient (Wildman–Crippen LogP) is 11.4. The third-order valence-corrected chi connectivity index (χ3v) is 9.70. The third kappa shape index (κ3) is 4.34. The van der Waals surface area contributed by atoms with E-state index in [-0.39, 0.29) is 0 Å². The summed E-state index contributed by atoms with van der Waals surface area (Å²) in [5, 5.41) is 2.51. The number of aromatic nitrogens is 2. The quantitative estimate of drug-likeness (QED) is 0.203. The van der Waals surface area contributed by atoms with Gasteiger partial charge in [0.2, 0.25) is 0 Å². The molecule has 0 amide bonds. The Kier molecular flexibility index (Phi) is 6.06. The molecule has 0 bridgehead atoms. The summed E-state index contributed by atoms with van der Waals surface area (Å²) in [6, 6.07) is 58.4. The van der Waals surface area contributed by atoms with Gasteiger partial charge in [-0.15, -0.1) is 0 Å². The van der Waals surface area contributed by atoms with Gasteiger partial charge in [0.05, 0.1) is 22.4 Å². The predicted molar refractivity (Wildman–Crippen MR) is 188 cm³/mol. The minimum atomic E-state index is 0.933. The number of fused-ring (bicyclic) bond motifs is 4. The van der Waals surface area contributed by atoms with Crippen LogP contribution in [0.3, 0.4) is 0 Å². The maximum atomic E-state index is 5.19. The molecule has 9 rings (SSSR count). The van der Waals surface area contributed by atoms with Crippen molar-refractivity contribution in [3.63, 3.8) is 0 Å². The lowest BCUT2D eigenvalue weighted by Gasteiger charge is -2.33. The molecule has 0 aliphatic carbocycles. The molecule has 2 heterocycles. The molecule has 1 aliphatic rings. The lowest BCUT2D eigenvalue weighted by molar-refractivity contribution is 1.10. The van der Waals surface area contributed by atoms with Crippen molar-refractivity contribution in [3.8, 4) is 28.2 Å². The standard InChI is InChI=1S/C41H27N3S/c1-2-13-31(14-3-1)43-37-19-8-9-20-39(37)45-40-27-30(23-26-38(40)43)41-42-35-17-6-7-18-36(35)44(41)32-24-21-29(22-25-32)34-16-10-12-28-11-4-5-15-33(28)34/h1-27H. The van der Waals surface area contributed by atoms with E-state index in [0.29, 0.717) is 0 Å². The van der Waals surface area contributed by atoms with E-state index in [1.54, 1.807) is 0 Å². The number of para-hydroxylation sites is 4. The Hall–Kier alpha value is -5.58. The van der Waals surface area contributed by atoms with E-state index in [2.05, 4.69) is 173 Å². The van der Waals surface area contributed by atoms with Gasteiger partial charge >= 0.3 is 0 Å². The van der Waals surface area contributed by atoms with Gasteiger partial charge in [-0.3, -0.25) is 4.57 Å². The smallest absolute Gasteiger partial charge is 0.145 e. The monoisotopic (exact) mass is 593 g/mol. The Morgan fingerprint density at radius 2 is 1.20 bits per heavy atom. The summed E-state index contributed by atoms with van der Waals surface area (Å²) >= 11 is 1.82. The molecular formula is C41H27N3S.